The minimum atomic E-state index is 0.544. The van der Waals surface area contributed by atoms with Crippen molar-refractivity contribution in [3.05, 3.63) is 60.4 Å². The molecule has 0 radical (unpaired) electrons. The molecule has 1 atom stereocenters. The summed E-state index contributed by atoms with van der Waals surface area (Å²) in [6, 6.07) is 15.6. The number of rotatable bonds is 4. The molecule has 0 saturated carbocycles. The fraction of sp³-hybridized carbons (Fsp3) is 0.350. The van der Waals surface area contributed by atoms with E-state index < -0.39 is 0 Å². The first kappa shape index (κ1) is 15.2. The summed E-state index contributed by atoms with van der Waals surface area (Å²) in [5.41, 5.74) is 3.64. The van der Waals surface area contributed by atoms with Crippen LogP contribution >= 0.6 is 0 Å². The zero-order valence-corrected chi connectivity index (χ0v) is 14.2. The summed E-state index contributed by atoms with van der Waals surface area (Å²) in [5.74, 6) is 0. The third-order valence-electron chi connectivity index (χ3n) is 5.09. The van der Waals surface area contributed by atoms with Crippen molar-refractivity contribution in [2.45, 2.75) is 25.4 Å². The molecule has 3 heterocycles. The average Bonchev–Trinajstić information content (AvgIpc) is 3.11. The Kier molecular flexibility index (Phi) is 4.22. The number of aromatic amines is 1. The van der Waals surface area contributed by atoms with Gasteiger partial charge in [-0.25, -0.2) is 4.98 Å². The van der Waals surface area contributed by atoms with Gasteiger partial charge >= 0.3 is 0 Å². The van der Waals surface area contributed by atoms with Gasteiger partial charge in [0.2, 0.25) is 0 Å². The molecule has 1 N–H and O–H groups in total. The Bertz CT molecular complexity index is 796. The summed E-state index contributed by atoms with van der Waals surface area (Å²) < 4.78 is 0. The minimum Gasteiger partial charge on any atom is -0.370 e. The summed E-state index contributed by atoms with van der Waals surface area (Å²) in [4.78, 5) is 12.6. The summed E-state index contributed by atoms with van der Waals surface area (Å²) in [6.07, 6.45) is 6.37. The van der Waals surface area contributed by atoms with E-state index in [2.05, 4.69) is 69.3 Å². The van der Waals surface area contributed by atoms with Crippen LogP contribution in [-0.4, -0.2) is 41.0 Å². The predicted molar refractivity (Wildman–Crippen MR) is 99.2 cm³/mol. The number of fused-ring (bicyclic) bond motifs is 1. The van der Waals surface area contributed by atoms with Gasteiger partial charge in [-0.15, -0.1) is 0 Å². The number of pyridine rings is 1. The maximum atomic E-state index is 4.41. The second-order valence-electron chi connectivity index (χ2n) is 6.70. The number of aromatic nitrogens is 2. The molecule has 1 fully saturated rings. The number of likely N-dealkylation sites (N-methyl/N-ethyl adjacent to an activating group) is 1. The van der Waals surface area contributed by atoms with Crippen LogP contribution in [0.1, 0.15) is 18.4 Å². The van der Waals surface area contributed by atoms with E-state index in [1.165, 1.54) is 36.0 Å². The molecule has 24 heavy (non-hydrogen) atoms. The van der Waals surface area contributed by atoms with E-state index in [1.807, 2.05) is 12.4 Å². The molecule has 4 heteroatoms. The van der Waals surface area contributed by atoms with Gasteiger partial charge in [0.1, 0.15) is 5.65 Å². The fourth-order valence-electron chi connectivity index (χ4n) is 3.78. The molecule has 0 spiro atoms. The smallest absolute Gasteiger partial charge is 0.139 e. The lowest BCUT2D eigenvalue weighted by Crippen LogP contribution is -2.46. The van der Waals surface area contributed by atoms with Crippen LogP contribution in [0.3, 0.4) is 0 Å². The largest absolute Gasteiger partial charge is 0.370 e. The molecule has 3 aromatic rings. The van der Waals surface area contributed by atoms with Gasteiger partial charge < -0.3 is 9.88 Å². The van der Waals surface area contributed by atoms with Gasteiger partial charge in [0.15, 0.2) is 0 Å². The van der Waals surface area contributed by atoms with Crippen molar-refractivity contribution in [2.75, 3.05) is 25.0 Å². The number of anilines is 1. The number of piperidine rings is 1. The number of nitrogens with zero attached hydrogens (tertiary/aromatic N) is 3. The zero-order valence-electron chi connectivity index (χ0n) is 14.2. The standard InChI is InChI=1S/C20H24N4/c1-23(19-10-12-22-20-18(19)9-11-21-20)17-8-5-13-24(15-17)14-16-6-3-2-4-7-16/h2-4,6-7,9-12,17H,5,8,13-15H2,1H3,(H,21,22). The van der Waals surface area contributed by atoms with E-state index in [-0.39, 0.29) is 0 Å². The van der Waals surface area contributed by atoms with Crippen LogP contribution in [0.25, 0.3) is 11.0 Å². The Morgan fingerprint density at radius 1 is 1.21 bits per heavy atom. The van der Waals surface area contributed by atoms with Crippen LogP contribution < -0.4 is 4.90 Å². The predicted octanol–water partition coefficient (Wildman–Crippen LogP) is 3.66. The molecule has 1 aliphatic heterocycles. The third-order valence-corrected chi connectivity index (χ3v) is 5.09. The maximum Gasteiger partial charge on any atom is 0.139 e. The second-order valence-corrected chi connectivity index (χ2v) is 6.70. The number of H-pyrrole nitrogens is 1. The van der Waals surface area contributed by atoms with Gasteiger partial charge in [-0.2, -0.15) is 0 Å². The van der Waals surface area contributed by atoms with Crippen LogP contribution in [0.4, 0.5) is 5.69 Å². The van der Waals surface area contributed by atoms with Gasteiger partial charge in [-0.1, -0.05) is 30.3 Å². The first-order chi connectivity index (χ1) is 11.8. The van der Waals surface area contributed by atoms with Gasteiger partial charge in [0.25, 0.3) is 0 Å². The van der Waals surface area contributed by atoms with Crippen molar-refractivity contribution in [1.82, 2.24) is 14.9 Å². The Hall–Kier alpha value is -2.33. The van der Waals surface area contributed by atoms with Crippen LogP contribution in [0.5, 0.6) is 0 Å². The average molecular weight is 320 g/mol. The second kappa shape index (κ2) is 6.65. The Balaban J connectivity index is 1.50. The van der Waals surface area contributed by atoms with Crippen LogP contribution in [0.2, 0.25) is 0 Å². The van der Waals surface area contributed by atoms with Crippen LogP contribution in [0.15, 0.2) is 54.9 Å². The quantitative estimate of drug-likeness (QED) is 0.797. The molecule has 1 unspecified atom stereocenters. The zero-order chi connectivity index (χ0) is 16.4. The summed E-state index contributed by atoms with van der Waals surface area (Å²) in [7, 11) is 2.22. The molecular formula is C20H24N4. The highest BCUT2D eigenvalue weighted by Crippen LogP contribution is 2.28. The monoisotopic (exact) mass is 320 g/mol. The number of benzene rings is 1. The van der Waals surface area contributed by atoms with Gasteiger partial charge in [0.05, 0.1) is 0 Å². The van der Waals surface area contributed by atoms with Gasteiger partial charge in [-0.05, 0) is 37.1 Å². The molecular weight excluding hydrogens is 296 g/mol. The Morgan fingerprint density at radius 3 is 2.96 bits per heavy atom. The molecule has 0 aliphatic carbocycles. The van der Waals surface area contributed by atoms with E-state index in [4.69, 9.17) is 0 Å². The first-order valence-corrected chi connectivity index (χ1v) is 8.72. The van der Waals surface area contributed by atoms with E-state index >= 15 is 0 Å². The van der Waals surface area contributed by atoms with Crippen molar-refractivity contribution in [3.8, 4) is 0 Å². The molecule has 0 amide bonds. The van der Waals surface area contributed by atoms with Crippen molar-refractivity contribution < 1.29 is 0 Å². The lowest BCUT2D eigenvalue weighted by molar-refractivity contribution is 0.199. The lowest BCUT2D eigenvalue weighted by Gasteiger charge is -2.39. The SMILES string of the molecule is CN(c1ccnc2[nH]ccc12)C1CCCN(Cc2ccccc2)C1. The summed E-state index contributed by atoms with van der Waals surface area (Å²) in [5, 5.41) is 1.21. The highest BCUT2D eigenvalue weighted by atomic mass is 15.2. The van der Waals surface area contributed by atoms with E-state index in [1.54, 1.807) is 0 Å². The van der Waals surface area contributed by atoms with E-state index in [9.17, 15) is 0 Å². The fourth-order valence-corrected chi connectivity index (χ4v) is 3.78. The van der Waals surface area contributed by atoms with Crippen molar-refractivity contribution in [2.24, 2.45) is 0 Å². The number of hydrogen-bond acceptors (Lipinski definition) is 3. The van der Waals surface area contributed by atoms with E-state index in [0.717, 1.165) is 18.7 Å². The Morgan fingerprint density at radius 2 is 2.08 bits per heavy atom. The lowest BCUT2D eigenvalue weighted by atomic mass is 10.0. The molecule has 4 rings (SSSR count). The van der Waals surface area contributed by atoms with Gasteiger partial charge in [0, 0.05) is 49.6 Å². The number of hydrogen-bond donors (Lipinski definition) is 1. The number of likely N-dealkylation sites (tertiary alicyclic amines) is 1. The highest BCUT2D eigenvalue weighted by Gasteiger charge is 2.24. The first-order valence-electron chi connectivity index (χ1n) is 8.72. The molecule has 0 bridgehead atoms. The maximum absolute atomic E-state index is 4.41. The summed E-state index contributed by atoms with van der Waals surface area (Å²) >= 11 is 0. The molecule has 2 aromatic heterocycles. The van der Waals surface area contributed by atoms with Crippen LogP contribution in [-0.2, 0) is 6.54 Å². The molecule has 124 valence electrons. The third kappa shape index (κ3) is 3.02. The number of nitrogens with one attached hydrogen (secondary N) is 1. The topological polar surface area (TPSA) is 35.2 Å². The Labute approximate surface area is 143 Å². The van der Waals surface area contributed by atoms with Crippen LogP contribution in [0, 0.1) is 0 Å². The minimum absolute atomic E-state index is 0.544. The molecule has 1 aromatic carbocycles. The normalized spacial score (nSPS) is 18.8. The highest BCUT2D eigenvalue weighted by molar-refractivity contribution is 5.89. The van der Waals surface area contributed by atoms with E-state index in [0.29, 0.717) is 6.04 Å². The molecule has 4 nitrogen and oxygen atoms in total. The summed E-state index contributed by atoms with van der Waals surface area (Å²) in [6.45, 7) is 3.34. The van der Waals surface area contributed by atoms with Crippen molar-refractivity contribution in [3.63, 3.8) is 0 Å². The molecule has 1 saturated heterocycles. The van der Waals surface area contributed by atoms with Gasteiger partial charge in [-0.3, -0.25) is 4.90 Å². The molecule has 1 aliphatic rings. The van der Waals surface area contributed by atoms with Crippen molar-refractivity contribution in [1.29, 1.82) is 0 Å². The van der Waals surface area contributed by atoms with Crippen molar-refractivity contribution >= 4 is 16.7 Å².